The third-order valence-corrected chi connectivity index (χ3v) is 4.91. The molecule has 0 aliphatic heterocycles. The van der Waals surface area contributed by atoms with E-state index in [9.17, 15) is 24.2 Å². The molecule has 0 aliphatic carbocycles. The van der Waals surface area contributed by atoms with Crippen LogP contribution in [-0.4, -0.2) is 47.4 Å². The Morgan fingerprint density at radius 1 is 1.21 bits per heavy atom. The Morgan fingerprint density at radius 2 is 1.79 bits per heavy atom. The van der Waals surface area contributed by atoms with Gasteiger partial charge in [-0.1, -0.05) is 24.8 Å². The smallest absolute Gasteiger partial charge is 0.333 e. The quantitative estimate of drug-likeness (QED) is 0.386. The highest BCUT2D eigenvalue weighted by Crippen LogP contribution is 2.39. The average molecular weight is 356 g/mol. The molecule has 8 heteroatoms. The van der Waals surface area contributed by atoms with Gasteiger partial charge >= 0.3 is 11.9 Å². The number of ether oxygens (including phenoxy) is 2. The van der Waals surface area contributed by atoms with Gasteiger partial charge in [-0.2, -0.15) is 0 Å². The number of aliphatic hydroxyl groups is 1. The zero-order valence-corrected chi connectivity index (χ0v) is 14.3. The summed E-state index contributed by atoms with van der Waals surface area (Å²) in [6.45, 7) is 4.15. The molecule has 2 N–H and O–H groups in total. The average Bonchev–Trinajstić information content (AvgIpc) is 2.56. The maximum absolute atomic E-state index is 12.1. The minimum absolute atomic E-state index is 0.193. The van der Waals surface area contributed by atoms with E-state index >= 15 is 0 Å². The summed E-state index contributed by atoms with van der Waals surface area (Å²) in [6, 6.07) is 8.04. The van der Waals surface area contributed by atoms with Crippen molar-refractivity contribution in [2.45, 2.75) is 19.4 Å². The van der Waals surface area contributed by atoms with Crippen molar-refractivity contribution in [2.75, 3.05) is 19.4 Å². The third kappa shape index (κ3) is 7.08. The second kappa shape index (κ2) is 9.37. The van der Waals surface area contributed by atoms with Crippen molar-refractivity contribution in [3.05, 3.63) is 42.5 Å². The van der Waals surface area contributed by atoms with Crippen LogP contribution < -0.4 is 5.30 Å². The number of hydrogen-bond donors (Lipinski definition) is 2. The highest BCUT2D eigenvalue weighted by Gasteiger charge is 2.23. The summed E-state index contributed by atoms with van der Waals surface area (Å²) in [6.07, 6.45) is -1.69. The van der Waals surface area contributed by atoms with Crippen molar-refractivity contribution >= 4 is 24.6 Å². The fourth-order valence-electron chi connectivity index (χ4n) is 1.64. The summed E-state index contributed by atoms with van der Waals surface area (Å²) in [5.41, 5.74) is 0.193. The first-order valence-electron chi connectivity index (χ1n) is 7.26. The first kappa shape index (κ1) is 20.1. The zero-order chi connectivity index (χ0) is 18.2. The van der Waals surface area contributed by atoms with Crippen molar-refractivity contribution in [3.8, 4) is 0 Å². The molecule has 132 valence electrons. The van der Waals surface area contributed by atoms with Crippen LogP contribution in [0.3, 0.4) is 0 Å². The van der Waals surface area contributed by atoms with Gasteiger partial charge in [0.2, 0.25) is 7.37 Å². The topological polar surface area (TPSA) is 110 Å². The van der Waals surface area contributed by atoms with Gasteiger partial charge in [-0.05, 0) is 19.1 Å². The van der Waals surface area contributed by atoms with E-state index in [2.05, 4.69) is 6.58 Å². The molecule has 2 unspecified atom stereocenters. The molecule has 0 aromatic heterocycles. The summed E-state index contributed by atoms with van der Waals surface area (Å²) in [4.78, 5) is 32.7. The van der Waals surface area contributed by atoms with Crippen LogP contribution in [0.5, 0.6) is 0 Å². The number of carbonyl (C=O) groups is 2. The number of benzene rings is 1. The maximum atomic E-state index is 12.1. The van der Waals surface area contributed by atoms with Gasteiger partial charge in [-0.15, -0.1) is 0 Å². The molecule has 1 aromatic rings. The highest BCUT2D eigenvalue weighted by molar-refractivity contribution is 7.66. The summed E-state index contributed by atoms with van der Waals surface area (Å²) in [7, 11) is -3.63. The Balaban J connectivity index is 2.32. The molecule has 0 fully saturated rings. The van der Waals surface area contributed by atoms with Crippen LogP contribution in [0.2, 0.25) is 0 Å². The van der Waals surface area contributed by atoms with E-state index < -0.39 is 25.4 Å². The molecular weight excluding hydrogens is 335 g/mol. The largest absolute Gasteiger partial charge is 0.463 e. The summed E-state index contributed by atoms with van der Waals surface area (Å²) in [5.74, 6) is -1.37. The molecule has 0 bridgehead atoms. The lowest BCUT2D eigenvalue weighted by Gasteiger charge is -2.13. The number of esters is 2. The van der Waals surface area contributed by atoms with Crippen molar-refractivity contribution in [2.24, 2.45) is 0 Å². The first-order chi connectivity index (χ1) is 11.2. The number of rotatable bonds is 9. The molecule has 1 rings (SSSR count). The Bertz CT molecular complexity index is 627. The molecule has 0 saturated heterocycles. The van der Waals surface area contributed by atoms with E-state index in [4.69, 9.17) is 9.47 Å². The Hall–Kier alpha value is -1.95. The predicted octanol–water partition coefficient (Wildman–Crippen LogP) is 0.996. The van der Waals surface area contributed by atoms with E-state index in [-0.39, 0.29) is 36.7 Å². The van der Waals surface area contributed by atoms with Gasteiger partial charge in [0, 0.05) is 17.0 Å². The molecule has 0 saturated carbocycles. The van der Waals surface area contributed by atoms with Crippen molar-refractivity contribution in [1.82, 2.24) is 0 Å². The second-order valence-corrected chi connectivity index (χ2v) is 7.59. The van der Waals surface area contributed by atoms with Crippen LogP contribution in [0.15, 0.2) is 42.5 Å². The summed E-state index contributed by atoms with van der Waals surface area (Å²) >= 11 is 0. The Kier molecular flexibility index (Phi) is 7.85. The standard InChI is InChI=1S/C16H21O7P/c1-12(2)16(19)23-11-13(17)10-22-15(18)8-9-24(20,21)14-6-4-3-5-7-14/h3-7,13,17H,1,8-11H2,2H3,(H,20,21). The lowest BCUT2D eigenvalue weighted by molar-refractivity contribution is -0.150. The fourth-order valence-corrected chi connectivity index (χ4v) is 3.02. The van der Waals surface area contributed by atoms with Crippen molar-refractivity contribution in [3.63, 3.8) is 0 Å². The lowest BCUT2D eigenvalue weighted by atomic mass is 10.3. The molecule has 0 amide bonds. The molecule has 0 aliphatic rings. The molecule has 2 atom stereocenters. The van der Waals surface area contributed by atoms with Gasteiger partial charge < -0.3 is 19.5 Å². The third-order valence-electron chi connectivity index (χ3n) is 2.97. The van der Waals surface area contributed by atoms with Crippen LogP contribution >= 0.6 is 7.37 Å². The SMILES string of the molecule is C=C(C)C(=O)OCC(O)COC(=O)CCP(=O)(O)c1ccccc1. The van der Waals surface area contributed by atoms with Crippen molar-refractivity contribution in [1.29, 1.82) is 0 Å². The van der Waals surface area contributed by atoms with E-state index in [1.165, 1.54) is 19.1 Å². The predicted molar refractivity (Wildman–Crippen MR) is 88.1 cm³/mol. The first-order valence-corrected chi connectivity index (χ1v) is 9.10. The zero-order valence-electron chi connectivity index (χ0n) is 13.4. The van der Waals surface area contributed by atoms with Crippen LogP contribution in [0.1, 0.15) is 13.3 Å². The summed E-state index contributed by atoms with van der Waals surface area (Å²) < 4.78 is 21.6. The van der Waals surface area contributed by atoms with Crippen LogP contribution in [0.25, 0.3) is 0 Å². The van der Waals surface area contributed by atoms with Gasteiger partial charge in [0.1, 0.15) is 19.3 Å². The van der Waals surface area contributed by atoms with Crippen LogP contribution in [0.4, 0.5) is 0 Å². The van der Waals surface area contributed by atoms with E-state index in [1.807, 2.05) is 0 Å². The minimum atomic E-state index is -3.63. The highest BCUT2D eigenvalue weighted by atomic mass is 31.2. The number of hydrogen-bond acceptors (Lipinski definition) is 6. The van der Waals surface area contributed by atoms with Crippen LogP contribution in [-0.2, 0) is 23.6 Å². The Labute approximate surface area is 140 Å². The molecule has 0 heterocycles. The molecular formula is C16H21O7P. The molecule has 0 spiro atoms. The van der Waals surface area contributed by atoms with Gasteiger partial charge in [0.05, 0.1) is 6.42 Å². The number of aliphatic hydroxyl groups excluding tert-OH is 1. The van der Waals surface area contributed by atoms with E-state index in [1.54, 1.807) is 18.2 Å². The molecule has 7 nitrogen and oxygen atoms in total. The van der Waals surface area contributed by atoms with E-state index in [0.717, 1.165) is 0 Å². The number of carbonyl (C=O) groups excluding carboxylic acids is 2. The van der Waals surface area contributed by atoms with Crippen LogP contribution in [0, 0.1) is 0 Å². The second-order valence-electron chi connectivity index (χ2n) is 5.23. The lowest BCUT2D eigenvalue weighted by Crippen LogP contribution is -2.25. The van der Waals surface area contributed by atoms with Gasteiger partial charge in [0.15, 0.2) is 0 Å². The Morgan fingerprint density at radius 3 is 2.38 bits per heavy atom. The van der Waals surface area contributed by atoms with Crippen molar-refractivity contribution < 1.29 is 33.6 Å². The molecule has 1 aromatic carbocycles. The maximum Gasteiger partial charge on any atom is 0.333 e. The molecule has 0 radical (unpaired) electrons. The van der Waals surface area contributed by atoms with Gasteiger partial charge in [0.25, 0.3) is 0 Å². The van der Waals surface area contributed by atoms with E-state index in [0.29, 0.717) is 0 Å². The molecule has 24 heavy (non-hydrogen) atoms. The summed E-state index contributed by atoms with van der Waals surface area (Å²) in [5, 5.41) is 9.81. The fraction of sp³-hybridized carbons (Fsp3) is 0.375. The minimum Gasteiger partial charge on any atom is -0.463 e. The monoisotopic (exact) mass is 356 g/mol. The van der Waals surface area contributed by atoms with Gasteiger partial charge in [-0.25, -0.2) is 4.79 Å². The normalized spacial score (nSPS) is 14.3. The van der Waals surface area contributed by atoms with Gasteiger partial charge in [-0.3, -0.25) is 9.36 Å².